The highest BCUT2D eigenvalue weighted by atomic mass is 16.6. The van der Waals surface area contributed by atoms with Crippen LogP contribution in [-0.4, -0.2) is 201 Å². The molecule has 120 heavy (non-hydrogen) atoms. The second kappa shape index (κ2) is 43.9. The smallest absolute Gasteiger partial charge is 0.323 e. The Morgan fingerprint density at radius 3 is 0.733 bits per heavy atom. The topological polar surface area (TPSA) is 296 Å². The van der Waals surface area contributed by atoms with Gasteiger partial charge in [0.05, 0.1) is 84.0 Å². The Morgan fingerprint density at radius 2 is 0.550 bits per heavy atom. The number of methoxy groups -OCH3 is 8. The van der Waals surface area contributed by atoms with Gasteiger partial charge in [-0.3, -0.25) is 38.8 Å². The molecule has 8 aliphatic rings. The van der Waals surface area contributed by atoms with Crippen LogP contribution in [0.3, 0.4) is 0 Å². The number of nitrogens with zero attached hydrogens (tertiary/aromatic N) is 4. The van der Waals surface area contributed by atoms with Crippen molar-refractivity contribution in [1.29, 1.82) is 0 Å². The van der Waals surface area contributed by atoms with Gasteiger partial charge in [0.2, 0.25) is 0 Å². The minimum atomic E-state index is -4.68. The third-order valence-corrected chi connectivity index (χ3v) is 17.5. The number of piperidine rings is 4. The molecule has 0 aromatic heterocycles. The van der Waals surface area contributed by atoms with Crippen LogP contribution in [0.2, 0.25) is 0 Å². The highest BCUT2D eigenvalue weighted by Crippen LogP contribution is 2.50. The number of hydrogen-bond acceptors (Lipinski definition) is 24. The molecule has 20 atom stereocenters. The lowest BCUT2D eigenvalue weighted by molar-refractivity contribution is -0.161. The maximum Gasteiger partial charge on any atom is 0.323 e. The highest BCUT2D eigenvalue weighted by molar-refractivity contribution is 5.77. The summed E-state index contributed by atoms with van der Waals surface area (Å²) in [5, 5.41) is 0. The summed E-state index contributed by atoms with van der Waals surface area (Å²) in [7, 11) is -9.22. The monoisotopic (exact) mass is 1750 g/mol. The van der Waals surface area contributed by atoms with Crippen molar-refractivity contribution >= 4 is 23.9 Å². The first-order valence-electron chi connectivity index (χ1n) is 76.3. The lowest BCUT2D eigenvalue weighted by Gasteiger charge is -2.47. The number of fused-ring (bicyclic) bond motifs is 12. The van der Waals surface area contributed by atoms with Crippen LogP contribution in [0.25, 0.3) is 0 Å². The minimum Gasteiger partial charge on any atom is -0.493 e. The second-order valence-electron chi connectivity index (χ2n) is 27.8. The zero-order valence-electron chi connectivity index (χ0n) is 148. The third-order valence-electron chi connectivity index (χ3n) is 17.5. The van der Waals surface area contributed by atoms with Gasteiger partial charge in [0.1, 0.15) is 48.5 Å². The van der Waals surface area contributed by atoms with Gasteiger partial charge in [0, 0.05) is 207 Å². The molecule has 4 aromatic carbocycles. The predicted octanol–water partition coefficient (Wildman–Crippen LogP) is 14.3. The molecule has 4 fully saturated rings. The Labute approximate surface area is 831 Å². The molecule has 0 bridgehead atoms. The van der Waals surface area contributed by atoms with E-state index in [0.29, 0.717) is 58.0 Å². The number of carbonyl (C=O) groups is 4. The van der Waals surface area contributed by atoms with E-state index in [1.54, 1.807) is 0 Å². The molecule has 4 saturated heterocycles. The summed E-state index contributed by atoms with van der Waals surface area (Å²) in [6, 6.07) is -18.1. The van der Waals surface area contributed by atoms with Crippen LogP contribution in [0.5, 0.6) is 46.0 Å². The van der Waals surface area contributed by atoms with Crippen molar-refractivity contribution < 1.29 is 186 Å². The van der Waals surface area contributed by atoms with Gasteiger partial charge >= 0.3 is 23.9 Å². The Bertz CT molecular complexity index is 7900. The van der Waals surface area contributed by atoms with Crippen molar-refractivity contribution in [3.05, 3.63) is 93.0 Å². The summed E-state index contributed by atoms with van der Waals surface area (Å²) in [5.41, 5.74) is 15.1. The van der Waals surface area contributed by atoms with Gasteiger partial charge in [0.25, 0.3) is 0 Å². The van der Waals surface area contributed by atoms with E-state index in [9.17, 15) is 57.6 Å². The fourth-order valence-corrected chi connectivity index (χ4v) is 10.9. The summed E-state index contributed by atoms with van der Waals surface area (Å²) < 4.78 is 754. The van der Waals surface area contributed by atoms with Crippen molar-refractivity contribution in [2.45, 2.75) is 260 Å². The quantitative estimate of drug-likeness (QED) is 0.0303. The molecule has 672 valence electrons. The molecule has 0 saturated carbocycles. The Balaban J connectivity index is 0.000000289. The molecule has 24 nitrogen and oxygen atoms in total. The lowest BCUT2D eigenvalue weighted by atomic mass is 9.79. The number of benzene rings is 4. The first kappa shape index (κ1) is 35.0. The van der Waals surface area contributed by atoms with E-state index in [1.165, 1.54) is 55.4 Å². The molecule has 0 radical (unpaired) electrons. The van der Waals surface area contributed by atoms with E-state index in [-0.39, 0.29) is 17.6 Å². The number of nitrogens with two attached hydrogens (primary N) is 4. The third kappa shape index (κ3) is 23.8. The van der Waals surface area contributed by atoms with Crippen LogP contribution in [0, 0.1) is 70.8 Å². The molecule has 24 heteroatoms. The summed E-state index contributed by atoms with van der Waals surface area (Å²) in [4.78, 5) is 51.5. The van der Waals surface area contributed by atoms with Crippen molar-refractivity contribution in [2.75, 3.05) is 109 Å². The van der Waals surface area contributed by atoms with Crippen molar-refractivity contribution in [1.82, 2.24) is 19.6 Å². The van der Waals surface area contributed by atoms with E-state index in [4.69, 9.17) is 151 Å². The Kier molecular flexibility index (Phi) is 12.8. The van der Waals surface area contributed by atoms with E-state index < -0.39 is 450 Å². The standard InChI is InChI=1S/4C24H38N2O4/c4*1-14(2)9-17-13-26-8-7-16-10-21(28-5)22(29-6)11-18(16)19(26)12-20(17)30-24(27)23(25)15(3)4/h4*10-11,14-15,17,19-20,23H,7-9,12-13,25H2,1-6H3/t4*17?,19?,20?,23-/m0000/s1/i1D3,5D3,6D3,7D2,8D2,9D2,12D2,13D2,14D,17D,19D,20D;1D3,6D3,7D2,8D2,9D2,12D2,13D2,14D,17D,19D,20D;1D3,5D3,7D2,8D2,9D2,12D2,13D2,14D,17D,19D,20D;1D3,7D2,8D2,9D2,12D2,13D2,14D,17D,19D,20D/t4*14?,17?,19?,20?,23-. The van der Waals surface area contributed by atoms with Crippen molar-refractivity contribution in [3.8, 4) is 46.0 Å². The Morgan fingerprint density at radius 1 is 0.358 bits per heavy atom. The molecule has 0 aliphatic carbocycles. The summed E-state index contributed by atoms with van der Waals surface area (Å²) in [5.74, 6) is -49.1. The van der Waals surface area contributed by atoms with Gasteiger partial charge in [-0.05, 0) is 191 Å². The molecule has 0 spiro atoms. The number of hydrogen-bond donors (Lipinski definition) is 4. The molecule has 8 heterocycles. The second-order valence-corrected chi connectivity index (χ2v) is 27.8. The van der Waals surface area contributed by atoms with Crippen LogP contribution in [0.1, 0.15) is 340 Å². The first-order valence-corrected chi connectivity index (χ1v) is 36.3. The maximum absolute atomic E-state index is 13.5. The van der Waals surface area contributed by atoms with Gasteiger partial charge in [-0.15, -0.1) is 0 Å². The fraction of sp³-hybridized carbons (Fsp3) is 0.708. The molecule has 4 aromatic rings. The number of carbonyl (C=O) groups excluding carboxylic acids is 4. The van der Waals surface area contributed by atoms with Crippen LogP contribution < -0.4 is 60.8 Å². The van der Waals surface area contributed by atoms with Crippen molar-refractivity contribution in [2.24, 2.45) is 93.8 Å². The molecule has 8 aliphatic heterocycles. The first-order chi connectivity index (χ1) is 87.4. The number of rotatable bonds is 28. The van der Waals surface area contributed by atoms with E-state index in [1.807, 2.05) is 0 Å². The lowest BCUT2D eigenvalue weighted by Crippen LogP contribution is -2.51. The van der Waals surface area contributed by atoms with Crippen molar-refractivity contribution in [3.63, 3.8) is 0 Å². The average molecular weight is 1750 g/mol. The van der Waals surface area contributed by atoms with Gasteiger partial charge < -0.3 is 79.8 Å². The largest absolute Gasteiger partial charge is 0.493 e. The fourth-order valence-electron chi connectivity index (χ4n) is 10.9. The zero-order valence-corrected chi connectivity index (χ0v) is 67.9. The number of esters is 4. The normalized spacial score (nSPS) is 52.1. The van der Waals surface area contributed by atoms with Crippen LogP contribution in [0.4, 0.5) is 0 Å². The highest BCUT2D eigenvalue weighted by Gasteiger charge is 2.47. The predicted molar refractivity (Wildman–Crippen MR) is 471 cm³/mol. The Hall–Kier alpha value is -7.16. The summed E-state index contributed by atoms with van der Waals surface area (Å²) in [6.07, 6.45) is -67.0. The SMILES string of the molecule is [2H]C([2H])([2H])C([2H])(C)C([2H])([2H])C1([2H])C([2H])([2H])N2C([2H])([2H])C([2H])([2H])c3cc(OC)c(OC)cc3C2([2H])C([2H])([2H])C1([2H])OC(=O)[C@@H](N)C(C)C.[2H]C([2H])([2H])Oc1cc2c(cc1OC([2H])([2H])[2H])C1([2H])N(C([2H])([2H])C2([2H])[2H])C([2H])([2H])C([2H])(C([2H])([2H])C([2H])(C)C([2H])([2H])[2H])C([2H])(OC(=O)[C@@H](N)C(C)C)C1([2H])[2H].[2H]C([2H])([2H])Oc1cc2c(cc1OC)C([2H])([2H])C([2H])([2H])N1C([2H])([2H])C([2H])(C([2H])([2H])C([2H])(C)C([2H])([2H])[2H])C([2H])(OC(=O)[C@@H](N)C(C)C)C([2H])([2H])C21[2H].[2H]C([2H])([2H])Oc1cc2c(cc1OC)C1([2H])N(C([2H])([2H])C2([2H])[2H])C([2H])([2H])C([2H])(C([2H])([2H])C([2H])(C)C([2H])([2H])[2H])C([2H])(OC(=O)[C@@H](N)C(C)C)C1([2H])[2H]. The molecular weight excluding hydrogens is 1520 g/mol. The number of ether oxygens (including phenoxy) is 12. The molecule has 16 unspecified atom stereocenters. The zero-order chi connectivity index (χ0) is 159. The van der Waals surface area contributed by atoms with Gasteiger partial charge in [-0.1, -0.05) is 110 Å². The molecule has 0 amide bonds. The van der Waals surface area contributed by atoms with Crippen LogP contribution in [-0.2, 0) is 63.6 Å². The van der Waals surface area contributed by atoms with Gasteiger partial charge in [0.15, 0.2) is 46.0 Å². The van der Waals surface area contributed by atoms with Crippen LogP contribution >= 0.6 is 0 Å². The minimum absolute atomic E-state index is 0.220. The maximum atomic E-state index is 13.5. The average Bonchev–Trinajstić information content (AvgIpc) is 0.635. The van der Waals surface area contributed by atoms with E-state index in [0.717, 1.165) is 40.6 Å². The summed E-state index contributed by atoms with van der Waals surface area (Å²) >= 11 is 0. The van der Waals surface area contributed by atoms with Gasteiger partial charge in [-0.25, -0.2) is 0 Å². The summed E-state index contributed by atoms with van der Waals surface area (Å²) in [6.45, 7) is -36.7. The van der Waals surface area contributed by atoms with Gasteiger partial charge in [-0.2, -0.15) is 0 Å². The molecular formula is C96H152N8O16. The van der Waals surface area contributed by atoms with E-state index in [2.05, 4.69) is 0 Å². The number of aryl methyl sites for hydroxylation is 4. The van der Waals surface area contributed by atoms with E-state index >= 15 is 0 Å². The molecule has 8 N–H and O–H groups in total. The molecule has 12 rings (SSSR count). The van der Waals surface area contributed by atoms with Crippen LogP contribution in [0.15, 0.2) is 48.5 Å².